The monoisotopic (exact) mass is 402 g/mol. The van der Waals surface area contributed by atoms with Crippen LogP contribution in [0.4, 0.5) is 0 Å². The molecule has 152 valence electrons. The summed E-state index contributed by atoms with van der Waals surface area (Å²) in [5, 5.41) is 9.64. The first-order valence-corrected chi connectivity index (χ1v) is 11.4. The lowest BCUT2D eigenvalue weighted by molar-refractivity contribution is 0.708. The van der Waals surface area contributed by atoms with Gasteiger partial charge in [-0.15, -0.1) is 0 Å². The second kappa shape index (κ2) is 5.37. The first kappa shape index (κ1) is 17.5. The number of imidazole rings is 1. The van der Waals surface area contributed by atoms with Crippen molar-refractivity contribution in [3.63, 3.8) is 0 Å². The molecule has 2 nitrogen and oxygen atoms in total. The number of fused-ring (bicyclic) bond motifs is 6. The van der Waals surface area contributed by atoms with Crippen LogP contribution in [0.5, 0.6) is 0 Å². The highest BCUT2D eigenvalue weighted by molar-refractivity contribution is 6.35. The van der Waals surface area contributed by atoms with Crippen molar-refractivity contribution in [3.8, 4) is 0 Å². The minimum atomic E-state index is 0.240. The van der Waals surface area contributed by atoms with Crippen molar-refractivity contribution in [1.29, 1.82) is 0 Å². The van der Waals surface area contributed by atoms with Gasteiger partial charge in [-0.2, -0.15) is 0 Å². The summed E-state index contributed by atoms with van der Waals surface area (Å²) in [4.78, 5) is 5.07. The van der Waals surface area contributed by atoms with Crippen molar-refractivity contribution in [2.45, 2.75) is 46.5 Å². The Hall–Kier alpha value is -3.13. The van der Waals surface area contributed by atoms with Gasteiger partial charge in [-0.1, -0.05) is 55.8 Å². The lowest BCUT2D eigenvalue weighted by atomic mass is 9.84. The van der Waals surface area contributed by atoms with E-state index in [0.29, 0.717) is 5.92 Å². The molecule has 1 unspecified atom stereocenters. The van der Waals surface area contributed by atoms with E-state index in [2.05, 4.69) is 87.7 Å². The summed E-state index contributed by atoms with van der Waals surface area (Å²) >= 11 is 0. The van der Waals surface area contributed by atoms with Crippen LogP contribution in [0.25, 0.3) is 48.9 Å². The predicted octanol–water partition coefficient (Wildman–Crippen LogP) is 7.61. The second-order valence-electron chi connectivity index (χ2n) is 10.2. The first-order chi connectivity index (χ1) is 14.9. The predicted molar refractivity (Wildman–Crippen MR) is 132 cm³/mol. The Balaban J connectivity index is 1.89. The molecule has 7 rings (SSSR count). The maximum atomic E-state index is 5.07. The van der Waals surface area contributed by atoms with Crippen LogP contribution < -0.4 is 0 Å². The van der Waals surface area contributed by atoms with E-state index >= 15 is 0 Å². The maximum Gasteiger partial charge on any atom is 0.145 e. The van der Waals surface area contributed by atoms with E-state index in [1.807, 2.05) is 0 Å². The molecular weight excluding hydrogens is 376 g/mol. The molecule has 2 heterocycles. The topological polar surface area (TPSA) is 17.3 Å². The molecule has 0 saturated heterocycles. The van der Waals surface area contributed by atoms with Crippen molar-refractivity contribution in [1.82, 2.24) is 9.38 Å². The van der Waals surface area contributed by atoms with Crippen LogP contribution in [-0.2, 0) is 5.41 Å². The number of hydrogen-bond acceptors (Lipinski definition) is 1. The quantitative estimate of drug-likeness (QED) is 0.204. The van der Waals surface area contributed by atoms with Crippen LogP contribution in [-0.4, -0.2) is 9.38 Å². The van der Waals surface area contributed by atoms with Crippen LogP contribution in [0, 0.1) is 26.7 Å². The molecule has 1 aliphatic rings. The Morgan fingerprint density at radius 3 is 2.48 bits per heavy atom. The molecule has 2 atom stereocenters. The fourth-order valence-electron chi connectivity index (χ4n) is 6.35. The summed E-state index contributed by atoms with van der Waals surface area (Å²) in [6.45, 7) is 11.4. The lowest BCUT2D eigenvalue weighted by Gasteiger charge is -2.22. The van der Waals surface area contributed by atoms with Gasteiger partial charge < -0.3 is 0 Å². The standard InChI is InChI=1S/C29H26N2/c1-15-11-16(2)24-20-9-10-22(29(5)13-17(29)3)27-26(20)25-19(21(24)12-15)7-6-8-23(25)31-14-18(4)30-28(27)31/h6-12,14,17H,13H2,1-5H3/t17-,29?/m0/s1. The average molecular weight is 403 g/mol. The molecule has 4 aromatic carbocycles. The van der Waals surface area contributed by atoms with E-state index in [-0.39, 0.29) is 5.41 Å². The molecule has 1 fully saturated rings. The lowest BCUT2D eigenvalue weighted by Crippen LogP contribution is -2.06. The highest BCUT2D eigenvalue weighted by Gasteiger charge is 2.49. The largest absolute Gasteiger partial charge is 0.299 e. The van der Waals surface area contributed by atoms with E-state index < -0.39 is 0 Å². The van der Waals surface area contributed by atoms with Crippen molar-refractivity contribution in [2.75, 3.05) is 0 Å². The summed E-state index contributed by atoms with van der Waals surface area (Å²) < 4.78 is 2.34. The molecule has 0 radical (unpaired) electrons. The van der Waals surface area contributed by atoms with Crippen LogP contribution in [0.15, 0.2) is 48.7 Å². The van der Waals surface area contributed by atoms with Crippen LogP contribution in [0.1, 0.15) is 42.7 Å². The zero-order chi connectivity index (χ0) is 21.2. The summed E-state index contributed by atoms with van der Waals surface area (Å²) in [7, 11) is 0. The fraction of sp³-hybridized carbons (Fsp3) is 0.276. The minimum absolute atomic E-state index is 0.240. The van der Waals surface area contributed by atoms with Gasteiger partial charge in [0.05, 0.1) is 11.2 Å². The molecule has 31 heavy (non-hydrogen) atoms. The third kappa shape index (κ3) is 2.01. The molecule has 0 spiro atoms. The van der Waals surface area contributed by atoms with Gasteiger partial charge in [0.15, 0.2) is 0 Å². The van der Waals surface area contributed by atoms with Gasteiger partial charge in [0.25, 0.3) is 0 Å². The van der Waals surface area contributed by atoms with Crippen LogP contribution >= 0.6 is 0 Å². The number of rotatable bonds is 1. The molecular formula is C29H26N2. The zero-order valence-electron chi connectivity index (χ0n) is 18.8. The van der Waals surface area contributed by atoms with Gasteiger partial charge in [0.1, 0.15) is 5.65 Å². The summed E-state index contributed by atoms with van der Waals surface area (Å²) in [5.41, 5.74) is 7.85. The van der Waals surface area contributed by atoms with Gasteiger partial charge in [-0.3, -0.25) is 4.40 Å². The molecule has 1 aliphatic carbocycles. The van der Waals surface area contributed by atoms with Gasteiger partial charge in [0.2, 0.25) is 0 Å². The SMILES string of the molecule is Cc1cc(C)c2c(c1)c1cccc3c1c1c2ccc(C2(C)C[C@@H]2C)c1c1nc(C)cn31. The highest BCUT2D eigenvalue weighted by Crippen LogP contribution is 2.57. The number of aryl methyl sites for hydroxylation is 3. The summed E-state index contributed by atoms with van der Waals surface area (Å²) in [6, 6.07) is 16.3. The van der Waals surface area contributed by atoms with Crippen LogP contribution in [0.2, 0.25) is 0 Å². The minimum Gasteiger partial charge on any atom is -0.299 e. The third-order valence-corrected chi connectivity index (χ3v) is 8.12. The summed E-state index contributed by atoms with van der Waals surface area (Å²) in [5.74, 6) is 0.711. The Labute approximate surface area is 181 Å². The van der Waals surface area contributed by atoms with Crippen molar-refractivity contribution < 1.29 is 0 Å². The van der Waals surface area contributed by atoms with E-state index in [1.54, 1.807) is 0 Å². The summed E-state index contributed by atoms with van der Waals surface area (Å²) in [6.07, 6.45) is 3.46. The van der Waals surface area contributed by atoms with Gasteiger partial charge >= 0.3 is 0 Å². The highest BCUT2D eigenvalue weighted by atomic mass is 15.0. The van der Waals surface area contributed by atoms with Gasteiger partial charge in [0, 0.05) is 22.4 Å². The van der Waals surface area contributed by atoms with E-state index in [4.69, 9.17) is 4.98 Å². The molecule has 0 bridgehead atoms. The van der Waals surface area contributed by atoms with Crippen molar-refractivity contribution in [2.24, 2.45) is 5.92 Å². The first-order valence-electron chi connectivity index (χ1n) is 11.4. The van der Waals surface area contributed by atoms with E-state index in [0.717, 1.165) is 11.3 Å². The zero-order valence-corrected chi connectivity index (χ0v) is 18.8. The fourth-order valence-corrected chi connectivity index (χ4v) is 6.35. The van der Waals surface area contributed by atoms with Gasteiger partial charge in [-0.25, -0.2) is 4.98 Å². The maximum absolute atomic E-state index is 5.07. The normalized spacial score (nSPS) is 21.4. The van der Waals surface area contributed by atoms with E-state index in [1.165, 1.54) is 66.3 Å². The smallest absolute Gasteiger partial charge is 0.145 e. The number of pyridine rings is 1. The second-order valence-corrected chi connectivity index (χ2v) is 10.2. The number of benzene rings is 4. The third-order valence-electron chi connectivity index (χ3n) is 8.12. The molecule has 1 saturated carbocycles. The number of aromatic nitrogens is 2. The number of hydrogen-bond donors (Lipinski definition) is 0. The molecule has 0 N–H and O–H groups in total. The molecule has 0 amide bonds. The van der Waals surface area contributed by atoms with Gasteiger partial charge in [-0.05, 0) is 77.3 Å². The molecule has 0 aliphatic heterocycles. The molecule has 2 aromatic heterocycles. The van der Waals surface area contributed by atoms with Crippen LogP contribution in [0.3, 0.4) is 0 Å². The Morgan fingerprint density at radius 1 is 0.903 bits per heavy atom. The van der Waals surface area contributed by atoms with E-state index in [9.17, 15) is 0 Å². The average Bonchev–Trinajstić information content (AvgIpc) is 3.15. The number of nitrogens with zero attached hydrogens (tertiary/aromatic N) is 2. The molecule has 6 aromatic rings. The molecule has 2 heteroatoms. The Bertz CT molecular complexity index is 1720. The van der Waals surface area contributed by atoms with Crippen molar-refractivity contribution >= 4 is 48.9 Å². The Morgan fingerprint density at radius 2 is 1.71 bits per heavy atom. The Kier molecular flexibility index (Phi) is 3.04. The van der Waals surface area contributed by atoms with Crippen molar-refractivity contribution in [3.05, 3.63) is 71.0 Å².